The van der Waals surface area contributed by atoms with Crippen molar-refractivity contribution >= 4 is 27.6 Å². The fraction of sp³-hybridized carbons (Fsp3) is 0.208. The Morgan fingerprint density at radius 3 is 2.52 bits per heavy atom. The monoisotopic (exact) mass is 470 g/mol. The first-order valence-corrected chi connectivity index (χ1v) is 11.7. The molecule has 3 aromatic rings. The molecule has 1 aliphatic heterocycles. The van der Waals surface area contributed by atoms with Crippen molar-refractivity contribution in [1.82, 2.24) is 0 Å². The van der Waals surface area contributed by atoms with Crippen LogP contribution in [0.1, 0.15) is 37.4 Å². The third kappa shape index (κ3) is 4.78. The molecule has 1 heterocycles. The molecule has 1 atom stereocenters. The van der Waals surface area contributed by atoms with Crippen molar-refractivity contribution in [3.63, 3.8) is 0 Å². The second kappa shape index (κ2) is 8.40. The van der Waals surface area contributed by atoms with Gasteiger partial charge in [-0.05, 0) is 71.5 Å². The van der Waals surface area contributed by atoms with E-state index in [1.165, 1.54) is 12.1 Å². The molecule has 0 spiro atoms. The van der Waals surface area contributed by atoms with Gasteiger partial charge in [0.05, 0.1) is 16.6 Å². The van der Waals surface area contributed by atoms with Gasteiger partial charge in [-0.2, -0.15) is 0 Å². The summed E-state index contributed by atoms with van der Waals surface area (Å²) in [6.07, 6.45) is -0.761. The molecule has 0 aliphatic carbocycles. The molecule has 0 saturated heterocycles. The zero-order valence-corrected chi connectivity index (χ0v) is 18.8. The molecule has 3 aromatic carbocycles. The summed E-state index contributed by atoms with van der Waals surface area (Å²) in [7, 11) is -3.91. The van der Waals surface area contributed by atoms with E-state index in [0.29, 0.717) is 12.1 Å². The lowest BCUT2D eigenvalue weighted by molar-refractivity contribution is 0.144. The largest absolute Gasteiger partial charge is 0.511 e. The Labute approximate surface area is 191 Å². The standard InChI is InChI=1S/C24H23FN2O5S/c1-24(2)14-22(26-21-12-9-16(13-19(21)24)32-23(28)29)18-5-3-4-6-20(18)27-33(30,31)17-10-7-15(25)8-11-17/h3-13,22,26-27H,14H2,1-2H3,(H,28,29). The molecular weight excluding hydrogens is 447 g/mol. The number of carboxylic acid groups (broad SMARTS) is 1. The van der Waals surface area contributed by atoms with E-state index in [9.17, 15) is 17.6 Å². The molecule has 0 saturated carbocycles. The van der Waals surface area contributed by atoms with Crippen LogP contribution in [0.4, 0.5) is 20.6 Å². The molecule has 172 valence electrons. The highest BCUT2D eigenvalue weighted by molar-refractivity contribution is 7.92. The van der Waals surface area contributed by atoms with Gasteiger partial charge in [0.25, 0.3) is 10.0 Å². The summed E-state index contributed by atoms with van der Waals surface area (Å²) in [6, 6.07) is 16.6. The molecule has 0 aromatic heterocycles. The highest BCUT2D eigenvalue weighted by Gasteiger charge is 2.35. The number of carbonyl (C=O) groups is 1. The third-order valence-corrected chi connectivity index (χ3v) is 7.06. The van der Waals surface area contributed by atoms with E-state index in [4.69, 9.17) is 9.84 Å². The van der Waals surface area contributed by atoms with Gasteiger partial charge in [0.2, 0.25) is 0 Å². The number of nitrogens with one attached hydrogen (secondary N) is 2. The molecule has 0 fully saturated rings. The highest BCUT2D eigenvalue weighted by Crippen LogP contribution is 2.46. The van der Waals surface area contributed by atoms with Crippen molar-refractivity contribution in [2.75, 3.05) is 10.0 Å². The molecular formula is C24H23FN2O5S. The van der Waals surface area contributed by atoms with Crippen molar-refractivity contribution in [1.29, 1.82) is 0 Å². The van der Waals surface area contributed by atoms with Crippen LogP contribution in [-0.4, -0.2) is 19.7 Å². The van der Waals surface area contributed by atoms with Crippen LogP contribution in [0.5, 0.6) is 5.75 Å². The van der Waals surface area contributed by atoms with Gasteiger partial charge in [-0.15, -0.1) is 0 Å². The molecule has 0 amide bonds. The summed E-state index contributed by atoms with van der Waals surface area (Å²) < 4.78 is 46.4. The van der Waals surface area contributed by atoms with E-state index in [-0.39, 0.29) is 22.1 Å². The Morgan fingerprint density at radius 2 is 1.82 bits per heavy atom. The second-order valence-electron chi connectivity index (χ2n) is 8.51. The van der Waals surface area contributed by atoms with Gasteiger partial charge in [0, 0.05) is 5.69 Å². The quantitative estimate of drug-likeness (QED) is 0.335. The number of anilines is 2. The SMILES string of the molecule is CC1(C)CC(c2ccccc2NS(=O)(=O)c2ccc(F)cc2)Nc2ccc(OC(=O)O)cc21. The van der Waals surface area contributed by atoms with Crippen LogP contribution in [0, 0.1) is 5.82 Å². The van der Waals surface area contributed by atoms with Gasteiger partial charge in [-0.3, -0.25) is 4.72 Å². The number of fused-ring (bicyclic) bond motifs is 1. The van der Waals surface area contributed by atoms with E-state index in [2.05, 4.69) is 10.0 Å². The lowest BCUT2D eigenvalue weighted by Gasteiger charge is -2.39. The maximum Gasteiger partial charge on any atom is 0.511 e. The summed E-state index contributed by atoms with van der Waals surface area (Å²) >= 11 is 0. The van der Waals surface area contributed by atoms with Gasteiger partial charge < -0.3 is 15.2 Å². The maximum absolute atomic E-state index is 13.2. The Morgan fingerprint density at radius 1 is 1.12 bits per heavy atom. The van der Waals surface area contributed by atoms with Crippen molar-refractivity contribution in [3.8, 4) is 5.75 Å². The van der Waals surface area contributed by atoms with Crippen molar-refractivity contribution in [2.45, 2.75) is 36.6 Å². The number of para-hydroxylation sites is 1. The Hall–Kier alpha value is -3.59. The maximum atomic E-state index is 13.2. The van der Waals surface area contributed by atoms with Gasteiger partial charge in [-0.25, -0.2) is 17.6 Å². The molecule has 1 aliphatic rings. The Kier molecular flexibility index (Phi) is 5.75. The summed E-state index contributed by atoms with van der Waals surface area (Å²) in [5.41, 5.74) is 2.54. The Balaban J connectivity index is 1.66. The average Bonchev–Trinajstić information content (AvgIpc) is 2.74. The minimum Gasteiger partial charge on any atom is -0.449 e. The lowest BCUT2D eigenvalue weighted by Crippen LogP contribution is -2.31. The zero-order chi connectivity index (χ0) is 23.8. The van der Waals surface area contributed by atoms with E-state index >= 15 is 0 Å². The number of rotatable bonds is 5. The fourth-order valence-electron chi connectivity index (χ4n) is 4.13. The van der Waals surface area contributed by atoms with Gasteiger partial charge in [0.15, 0.2) is 0 Å². The van der Waals surface area contributed by atoms with E-state index < -0.39 is 22.0 Å². The van der Waals surface area contributed by atoms with Crippen molar-refractivity contribution < 1.29 is 27.4 Å². The van der Waals surface area contributed by atoms with Crippen molar-refractivity contribution in [2.24, 2.45) is 0 Å². The number of hydrogen-bond donors (Lipinski definition) is 3. The summed E-state index contributed by atoms with van der Waals surface area (Å²) in [5, 5.41) is 12.3. The van der Waals surface area contributed by atoms with E-state index in [1.54, 1.807) is 30.3 Å². The number of benzene rings is 3. The molecule has 3 N–H and O–H groups in total. The number of halogens is 1. The van der Waals surface area contributed by atoms with E-state index in [0.717, 1.165) is 28.9 Å². The molecule has 7 nitrogen and oxygen atoms in total. The van der Waals surface area contributed by atoms with Crippen molar-refractivity contribution in [3.05, 3.63) is 83.7 Å². The van der Waals surface area contributed by atoms with Crippen LogP contribution in [0.3, 0.4) is 0 Å². The molecule has 4 rings (SSSR count). The van der Waals surface area contributed by atoms with Crippen LogP contribution in [0.15, 0.2) is 71.6 Å². The second-order valence-corrected chi connectivity index (χ2v) is 10.2. The normalized spacial score (nSPS) is 16.9. The molecule has 33 heavy (non-hydrogen) atoms. The molecule has 9 heteroatoms. The van der Waals surface area contributed by atoms with Crippen LogP contribution in [0.25, 0.3) is 0 Å². The van der Waals surface area contributed by atoms with Crippen LogP contribution in [-0.2, 0) is 15.4 Å². The first-order valence-electron chi connectivity index (χ1n) is 10.2. The summed E-state index contributed by atoms with van der Waals surface area (Å²) in [6.45, 7) is 4.07. The smallest absolute Gasteiger partial charge is 0.449 e. The predicted molar refractivity (Wildman–Crippen MR) is 123 cm³/mol. The third-order valence-electron chi connectivity index (χ3n) is 5.67. The summed E-state index contributed by atoms with van der Waals surface area (Å²) in [4.78, 5) is 10.9. The van der Waals surface area contributed by atoms with Crippen LogP contribution < -0.4 is 14.8 Å². The fourth-order valence-corrected chi connectivity index (χ4v) is 5.22. The molecule has 1 unspecified atom stereocenters. The topological polar surface area (TPSA) is 105 Å². The lowest BCUT2D eigenvalue weighted by atomic mass is 9.74. The minimum atomic E-state index is -3.91. The number of sulfonamides is 1. The van der Waals surface area contributed by atoms with E-state index in [1.807, 2.05) is 26.0 Å². The van der Waals surface area contributed by atoms with Crippen LogP contribution >= 0.6 is 0 Å². The number of hydrogen-bond acceptors (Lipinski definition) is 5. The molecule has 0 radical (unpaired) electrons. The average molecular weight is 471 g/mol. The zero-order valence-electron chi connectivity index (χ0n) is 18.0. The van der Waals surface area contributed by atoms with Crippen LogP contribution in [0.2, 0.25) is 0 Å². The first kappa shape index (κ1) is 22.6. The Bertz CT molecular complexity index is 1310. The minimum absolute atomic E-state index is 0.0352. The molecule has 0 bridgehead atoms. The first-order chi connectivity index (χ1) is 15.5. The van der Waals surface area contributed by atoms with Gasteiger partial charge >= 0.3 is 6.16 Å². The van der Waals surface area contributed by atoms with Gasteiger partial charge in [-0.1, -0.05) is 32.0 Å². The highest BCUT2D eigenvalue weighted by atomic mass is 32.2. The summed E-state index contributed by atoms with van der Waals surface area (Å²) in [5.74, 6) is -0.277. The predicted octanol–water partition coefficient (Wildman–Crippen LogP) is 5.52. The van der Waals surface area contributed by atoms with Gasteiger partial charge in [0.1, 0.15) is 11.6 Å². The number of ether oxygens (including phenoxy) is 1.